The molecule has 7 heteroatoms. The van der Waals surface area contributed by atoms with Crippen LogP contribution in [0.4, 0.5) is 11.9 Å². The Balaban J connectivity index is 3.08. The van der Waals surface area contributed by atoms with Crippen molar-refractivity contribution >= 4 is 23.7 Å². The van der Waals surface area contributed by atoms with Gasteiger partial charge in [-0.25, -0.2) is 5.84 Å². The quantitative estimate of drug-likeness (QED) is 0.480. The van der Waals surface area contributed by atoms with Crippen LogP contribution in [-0.4, -0.2) is 32.8 Å². The minimum Gasteiger partial charge on any atom is -0.341 e. The molecule has 0 saturated heterocycles. The number of nitrogens with two attached hydrogens (primary N) is 1. The Hall–Kier alpha value is -1.08. The molecular formula is C11H22N6S. The fourth-order valence-corrected chi connectivity index (χ4v) is 2.18. The zero-order chi connectivity index (χ0) is 13.8. The van der Waals surface area contributed by atoms with Crippen LogP contribution in [0.25, 0.3) is 0 Å². The fraction of sp³-hybridized carbons (Fsp3) is 0.727. The second-order valence-corrected chi connectivity index (χ2v) is 6.57. The zero-order valence-electron chi connectivity index (χ0n) is 11.7. The average molecular weight is 270 g/mol. The van der Waals surface area contributed by atoms with Gasteiger partial charge in [-0.3, -0.25) is 5.43 Å². The summed E-state index contributed by atoms with van der Waals surface area (Å²) in [5.41, 5.74) is 2.49. The van der Waals surface area contributed by atoms with E-state index in [-0.39, 0.29) is 4.75 Å². The highest BCUT2D eigenvalue weighted by Gasteiger charge is 2.17. The standard InChI is InChI=1S/C11H22N6S/c1-6-17(7-2)9-13-8(16-12)14-10(15-9)18-11(3,4)5/h6-7,12H2,1-5H3,(H,13,14,15,16). The van der Waals surface area contributed by atoms with E-state index in [2.05, 4.69) is 59.9 Å². The lowest BCUT2D eigenvalue weighted by atomic mass is 10.3. The van der Waals surface area contributed by atoms with E-state index in [0.29, 0.717) is 17.1 Å². The van der Waals surface area contributed by atoms with Gasteiger partial charge < -0.3 is 4.90 Å². The highest BCUT2D eigenvalue weighted by molar-refractivity contribution is 8.00. The molecule has 0 unspecified atom stereocenters. The predicted octanol–water partition coefficient (Wildman–Crippen LogP) is 1.89. The molecule has 1 aromatic heterocycles. The van der Waals surface area contributed by atoms with Crippen molar-refractivity contribution in [1.29, 1.82) is 0 Å². The predicted molar refractivity (Wildman–Crippen MR) is 76.8 cm³/mol. The molecule has 0 aromatic carbocycles. The smallest absolute Gasteiger partial charge is 0.242 e. The van der Waals surface area contributed by atoms with Crippen LogP contribution in [0.3, 0.4) is 0 Å². The minimum atomic E-state index is 0.0494. The van der Waals surface area contributed by atoms with Gasteiger partial charge in [0.1, 0.15) is 0 Å². The van der Waals surface area contributed by atoms with E-state index in [4.69, 9.17) is 5.84 Å². The van der Waals surface area contributed by atoms with E-state index in [1.165, 1.54) is 0 Å². The van der Waals surface area contributed by atoms with Gasteiger partial charge in [-0.05, 0) is 13.8 Å². The van der Waals surface area contributed by atoms with Crippen molar-refractivity contribution in [2.75, 3.05) is 23.4 Å². The minimum absolute atomic E-state index is 0.0494. The van der Waals surface area contributed by atoms with E-state index in [0.717, 1.165) is 13.1 Å². The lowest BCUT2D eigenvalue weighted by Crippen LogP contribution is -2.26. The van der Waals surface area contributed by atoms with Crippen LogP contribution in [0.5, 0.6) is 0 Å². The van der Waals surface area contributed by atoms with E-state index in [9.17, 15) is 0 Å². The third-order valence-corrected chi connectivity index (χ3v) is 3.15. The molecule has 0 fully saturated rings. The van der Waals surface area contributed by atoms with E-state index in [1.807, 2.05) is 0 Å². The summed E-state index contributed by atoms with van der Waals surface area (Å²) in [6, 6.07) is 0. The highest BCUT2D eigenvalue weighted by Crippen LogP contribution is 2.30. The van der Waals surface area contributed by atoms with E-state index in [1.54, 1.807) is 11.8 Å². The zero-order valence-corrected chi connectivity index (χ0v) is 12.5. The van der Waals surface area contributed by atoms with Crippen molar-refractivity contribution in [3.05, 3.63) is 0 Å². The molecule has 1 aromatic rings. The number of aromatic nitrogens is 3. The first-order chi connectivity index (χ1) is 8.39. The first kappa shape index (κ1) is 15.0. The number of nitrogens with one attached hydrogen (secondary N) is 1. The lowest BCUT2D eigenvalue weighted by molar-refractivity contribution is 0.765. The third kappa shape index (κ3) is 4.30. The summed E-state index contributed by atoms with van der Waals surface area (Å²) >= 11 is 1.60. The molecule has 18 heavy (non-hydrogen) atoms. The van der Waals surface area contributed by atoms with Gasteiger partial charge in [0.05, 0.1) is 0 Å². The lowest BCUT2D eigenvalue weighted by Gasteiger charge is -2.21. The van der Waals surface area contributed by atoms with Gasteiger partial charge in [0.2, 0.25) is 11.9 Å². The Labute approximate surface area is 113 Å². The van der Waals surface area contributed by atoms with Crippen molar-refractivity contribution in [2.45, 2.75) is 44.5 Å². The third-order valence-electron chi connectivity index (χ3n) is 2.18. The maximum Gasteiger partial charge on any atom is 0.242 e. The van der Waals surface area contributed by atoms with Crippen molar-refractivity contribution < 1.29 is 0 Å². The Morgan fingerprint density at radius 2 is 1.78 bits per heavy atom. The molecule has 0 amide bonds. The molecule has 0 saturated carbocycles. The highest BCUT2D eigenvalue weighted by atomic mass is 32.2. The van der Waals surface area contributed by atoms with Crippen LogP contribution in [0, 0.1) is 0 Å². The van der Waals surface area contributed by atoms with Crippen molar-refractivity contribution in [3.63, 3.8) is 0 Å². The van der Waals surface area contributed by atoms with Gasteiger partial charge >= 0.3 is 0 Å². The van der Waals surface area contributed by atoms with Crippen LogP contribution >= 0.6 is 11.8 Å². The van der Waals surface area contributed by atoms with Crippen LogP contribution < -0.4 is 16.2 Å². The normalized spacial score (nSPS) is 11.4. The maximum atomic E-state index is 5.40. The van der Waals surface area contributed by atoms with Crippen LogP contribution in [-0.2, 0) is 0 Å². The maximum absolute atomic E-state index is 5.40. The summed E-state index contributed by atoms with van der Waals surface area (Å²) in [6.07, 6.45) is 0. The van der Waals surface area contributed by atoms with Crippen LogP contribution in [0.1, 0.15) is 34.6 Å². The molecule has 0 spiro atoms. The molecule has 102 valence electrons. The molecule has 0 aliphatic carbocycles. The molecule has 0 radical (unpaired) electrons. The Bertz CT molecular complexity index is 386. The molecule has 1 heterocycles. The largest absolute Gasteiger partial charge is 0.341 e. The second kappa shape index (κ2) is 6.19. The van der Waals surface area contributed by atoms with Gasteiger partial charge in [-0.1, -0.05) is 32.5 Å². The summed E-state index contributed by atoms with van der Waals surface area (Å²) in [4.78, 5) is 15.1. The van der Waals surface area contributed by atoms with Crippen LogP contribution in [0.15, 0.2) is 5.16 Å². The van der Waals surface area contributed by atoms with Gasteiger partial charge in [0.15, 0.2) is 5.16 Å². The first-order valence-electron chi connectivity index (χ1n) is 6.06. The summed E-state index contributed by atoms with van der Waals surface area (Å²) < 4.78 is 0.0494. The number of nitrogens with zero attached hydrogens (tertiary/aromatic N) is 4. The van der Waals surface area contributed by atoms with Crippen molar-refractivity contribution in [2.24, 2.45) is 5.84 Å². The molecule has 0 atom stereocenters. The molecule has 0 bridgehead atoms. The first-order valence-corrected chi connectivity index (χ1v) is 6.88. The molecular weight excluding hydrogens is 248 g/mol. The van der Waals surface area contributed by atoms with Gasteiger partial charge in [-0.15, -0.1) is 0 Å². The number of anilines is 2. The van der Waals surface area contributed by atoms with Gasteiger partial charge in [-0.2, -0.15) is 15.0 Å². The summed E-state index contributed by atoms with van der Waals surface area (Å²) in [5.74, 6) is 6.47. The Kier molecular flexibility index (Phi) is 5.15. The van der Waals surface area contributed by atoms with E-state index >= 15 is 0 Å². The number of rotatable bonds is 5. The number of thioether (sulfide) groups is 1. The summed E-state index contributed by atoms with van der Waals surface area (Å²) in [5, 5.41) is 0.687. The number of nitrogen functional groups attached to an aromatic ring is 1. The SMILES string of the molecule is CCN(CC)c1nc(NN)nc(SC(C)(C)C)n1. The second-order valence-electron chi connectivity index (χ2n) is 4.77. The molecule has 3 N–H and O–H groups in total. The number of hydrogen-bond acceptors (Lipinski definition) is 7. The van der Waals surface area contributed by atoms with Crippen LogP contribution in [0.2, 0.25) is 0 Å². The van der Waals surface area contributed by atoms with Crippen molar-refractivity contribution in [3.8, 4) is 0 Å². The number of hydrogen-bond donors (Lipinski definition) is 2. The Morgan fingerprint density at radius 3 is 2.22 bits per heavy atom. The van der Waals surface area contributed by atoms with Gasteiger partial charge in [0.25, 0.3) is 0 Å². The number of hydrazine groups is 1. The molecule has 1 rings (SSSR count). The van der Waals surface area contributed by atoms with Gasteiger partial charge in [0, 0.05) is 17.8 Å². The molecule has 0 aliphatic heterocycles. The van der Waals surface area contributed by atoms with E-state index < -0.39 is 0 Å². The summed E-state index contributed by atoms with van der Waals surface area (Å²) in [6.45, 7) is 12.2. The fourth-order valence-electron chi connectivity index (χ4n) is 1.38. The molecule has 6 nitrogen and oxygen atoms in total. The topological polar surface area (TPSA) is 80.0 Å². The summed E-state index contributed by atoms with van der Waals surface area (Å²) in [7, 11) is 0. The molecule has 0 aliphatic rings. The van der Waals surface area contributed by atoms with Crippen molar-refractivity contribution in [1.82, 2.24) is 15.0 Å². The Morgan fingerprint density at radius 1 is 1.17 bits per heavy atom. The average Bonchev–Trinajstić information content (AvgIpc) is 2.28. The monoisotopic (exact) mass is 270 g/mol.